The molecule has 0 bridgehead atoms. The van der Waals surface area contributed by atoms with E-state index in [4.69, 9.17) is 23.2 Å². The molecule has 1 aromatic rings. The van der Waals surface area contributed by atoms with Crippen LogP contribution in [0.15, 0.2) is 18.2 Å². The number of benzene rings is 1. The molecule has 0 heterocycles. The summed E-state index contributed by atoms with van der Waals surface area (Å²) in [6.07, 6.45) is 2.43. The fourth-order valence-electron chi connectivity index (χ4n) is 2.20. The second-order valence-electron chi connectivity index (χ2n) is 5.02. The maximum absolute atomic E-state index is 6.05. The Labute approximate surface area is 114 Å². The summed E-state index contributed by atoms with van der Waals surface area (Å²) in [4.78, 5) is 0. The molecule has 0 saturated heterocycles. The lowest BCUT2D eigenvalue weighted by molar-refractivity contribution is 0.493. The normalized spacial score (nSPS) is 24.7. The van der Waals surface area contributed by atoms with E-state index in [-0.39, 0.29) is 0 Å². The third-order valence-electron chi connectivity index (χ3n) is 3.66. The number of halogens is 2. The lowest BCUT2D eigenvalue weighted by Crippen LogP contribution is -2.23. The zero-order chi connectivity index (χ0) is 12.4. The molecule has 1 saturated carbocycles. The third kappa shape index (κ3) is 3.37. The van der Waals surface area contributed by atoms with Crippen molar-refractivity contribution >= 4 is 23.2 Å². The molecule has 3 heteroatoms. The SMILES string of the molecule is CCC(NCC1CC1C)c1ccc(Cl)c(Cl)c1. The molecule has 3 unspecified atom stereocenters. The van der Waals surface area contributed by atoms with Gasteiger partial charge in [-0.1, -0.05) is 43.1 Å². The van der Waals surface area contributed by atoms with Crippen molar-refractivity contribution in [2.75, 3.05) is 6.54 Å². The second kappa shape index (κ2) is 5.60. The predicted molar refractivity (Wildman–Crippen MR) is 74.8 cm³/mol. The van der Waals surface area contributed by atoms with Gasteiger partial charge in [0.05, 0.1) is 10.0 Å². The highest BCUT2D eigenvalue weighted by Crippen LogP contribution is 2.37. The average Bonchev–Trinajstić information content (AvgIpc) is 3.00. The highest BCUT2D eigenvalue weighted by molar-refractivity contribution is 6.42. The molecule has 0 spiro atoms. The molecule has 1 aliphatic rings. The lowest BCUT2D eigenvalue weighted by atomic mass is 10.0. The lowest BCUT2D eigenvalue weighted by Gasteiger charge is -2.18. The standard InChI is InChI=1S/C14H19Cl2N/c1-3-14(17-8-11-6-9(11)2)10-4-5-12(15)13(16)7-10/h4-5,7,9,11,14,17H,3,6,8H2,1-2H3. The molecule has 0 aliphatic heterocycles. The molecule has 1 aromatic carbocycles. The molecular formula is C14H19Cl2N. The van der Waals surface area contributed by atoms with Crippen molar-refractivity contribution in [3.63, 3.8) is 0 Å². The quantitative estimate of drug-likeness (QED) is 0.819. The van der Waals surface area contributed by atoms with Crippen LogP contribution in [0.3, 0.4) is 0 Å². The molecule has 1 fully saturated rings. The van der Waals surface area contributed by atoms with Crippen LogP contribution >= 0.6 is 23.2 Å². The summed E-state index contributed by atoms with van der Waals surface area (Å²) < 4.78 is 0. The van der Waals surface area contributed by atoms with E-state index in [0.29, 0.717) is 16.1 Å². The molecular weight excluding hydrogens is 253 g/mol. The van der Waals surface area contributed by atoms with E-state index in [1.54, 1.807) is 0 Å². The maximum atomic E-state index is 6.05. The Balaban J connectivity index is 1.98. The third-order valence-corrected chi connectivity index (χ3v) is 4.40. The fraction of sp³-hybridized carbons (Fsp3) is 0.571. The summed E-state index contributed by atoms with van der Waals surface area (Å²) in [7, 11) is 0. The van der Waals surface area contributed by atoms with Crippen LogP contribution in [0.2, 0.25) is 10.0 Å². The first-order chi connectivity index (χ1) is 8.11. The van der Waals surface area contributed by atoms with E-state index in [1.165, 1.54) is 12.0 Å². The number of nitrogens with one attached hydrogen (secondary N) is 1. The molecule has 2 rings (SSSR count). The van der Waals surface area contributed by atoms with Crippen molar-refractivity contribution in [1.29, 1.82) is 0 Å². The van der Waals surface area contributed by atoms with E-state index < -0.39 is 0 Å². The Bertz CT molecular complexity index is 392. The van der Waals surface area contributed by atoms with Gasteiger partial charge in [-0.3, -0.25) is 0 Å². The maximum Gasteiger partial charge on any atom is 0.0595 e. The van der Waals surface area contributed by atoms with Gasteiger partial charge in [-0.25, -0.2) is 0 Å². The first-order valence-electron chi connectivity index (χ1n) is 6.30. The average molecular weight is 272 g/mol. The van der Waals surface area contributed by atoms with Crippen LogP contribution in [0.1, 0.15) is 38.3 Å². The summed E-state index contributed by atoms with van der Waals surface area (Å²) in [6.45, 7) is 5.61. The van der Waals surface area contributed by atoms with Gasteiger partial charge in [0.2, 0.25) is 0 Å². The van der Waals surface area contributed by atoms with E-state index in [0.717, 1.165) is 24.8 Å². The van der Waals surface area contributed by atoms with Crippen LogP contribution in [-0.2, 0) is 0 Å². The van der Waals surface area contributed by atoms with Gasteiger partial charge in [-0.15, -0.1) is 0 Å². The van der Waals surface area contributed by atoms with Crippen LogP contribution in [-0.4, -0.2) is 6.54 Å². The minimum atomic E-state index is 0.387. The second-order valence-corrected chi connectivity index (χ2v) is 5.83. The van der Waals surface area contributed by atoms with Crippen molar-refractivity contribution < 1.29 is 0 Å². The summed E-state index contributed by atoms with van der Waals surface area (Å²) in [6, 6.07) is 6.30. The number of rotatable bonds is 5. The van der Waals surface area contributed by atoms with Crippen molar-refractivity contribution in [3.05, 3.63) is 33.8 Å². The molecule has 0 aromatic heterocycles. The highest BCUT2D eigenvalue weighted by Gasteiger charge is 2.32. The molecule has 1 aliphatic carbocycles. The first kappa shape index (κ1) is 13.2. The van der Waals surface area contributed by atoms with E-state index in [2.05, 4.69) is 25.2 Å². The van der Waals surface area contributed by atoms with E-state index in [9.17, 15) is 0 Å². The first-order valence-corrected chi connectivity index (χ1v) is 7.05. The molecule has 0 radical (unpaired) electrons. The highest BCUT2D eigenvalue weighted by atomic mass is 35.5. The van der Waals surface area contributed by atoms with Crippen LogP contribution < -0.4 is 5.32 Å². The zero-order valence-corrected chi connectivity index (χ0v) is 11.9. The summed E-state index contributed by atoms with van der Waals surface area (Å²) >= 11 is 12.0. The Morgan fingerprint density at radius 1 is 1.35 bits per heavy atom. The zero-order valence-electron chi connectivity index (χ0n) is 10.3. The van der Waals surface area contributed by atoms with Gasteiger partial charge in [0, 0.05) is 6.04 Å². The van der Waals surface area contributed by atoms with Gasteiger partial charge in [-0.2, -0.15) is 0 Å². The topological polar surface area (TPSA) is 12.0 Å². The van der Waals surface area contributed by atoms with Crippen molar-refractivity contribution in [2.45, 2.75) is 32.7 Å². The predicted octanol–water partition coefficient (Wildman–Crippen LogP) is 4.69. The fourth-order valence-corrected chi connectivity index (χ4v) is 2.51. The number of hydrogen-bond acceptors (Lipinski definition) is 1. The smallest absolute Gasteiger partial charge is 0.0595 e. The van der Waals surface area contributed by atoms with E-state index >= 15 is 0 Å². The van der Waals surface area contributed by atoms with Crippen LogP contribution in [0.4, 0.5) is 0 Å². The number of hydrogen-bond donors (Lipinski definition) is 1. The van der Waals surface area contributed by atoms with Crippen LogP contribution in [0, 0.1) is 11.8 Å². The van der Waals surface area contributed by atoms with Gasteiger partial charge in [0.25, 0.3) is 0 Å². The molecule has 0 amide bonds. The van der Waals surface area contributed by atoms with Gasteiger partial charge < -0.3 is 5.32 Å². The minimum Gasteiger partial charge on any atom is -0.310 e. The van der Waals surface area contributed by atoms with Gasteiger partial charge in [0.15, 0.2) is 0 Å². The van der Waals surface area contributed by atoms with Gasteiger partial charge >= 0.3 is 0 Å². The molecule has 1 N–H and O–H groups in total. The van der Waals surface area contributed by atoms with Crippen molar-refractivity contribution in [3.8, 4) is 0 Å². The summed E-state index contributed by atoms with van der Waals surface area (Å²) in [5.74, 6) is 1.76. The Morgan fingerprint density at radius 3 is 2.59 bits per heavy atom. The van der Waals surface area contributed by atoms with Crippen molar-refractivity contribution in [1.82, 2.24) is 5.32 Å². The van der Waals surface area contributed by atoms with Crippen molar-refractivity contribution in [2.24, 2.45) is 11.8 Å². The Morgan fingerprint density at radius 2 is 2.06 bits per heavy atom. The molecule has 1 nitrogen and oxygen atoms in total. The largest absolute Gasteiger partial charge is 0.310 e. The van der Waals surface area contributed by atoms with Gasteiger partial charge in [0.1, 0.15) is 0 Å². The van der Waals surface area contributed by atoms with Crippen LogP contribution in [0.25, 0.3) is 0 Å². The minimum absolute atomic E-state index is 0.387. The Hall–Kier alpha value is -0.240. The Kier molecular flexibility index (Phi) is 4.35. The van der Waals surface area contributed by atoms with Crippen LogP contribution in [0.5, 0.6) is 0 Å². The molecule has 17 heavy (non-hydrogen) atoms. The summed E-state index contributed by atoms with van der Waals surface area (Å²) in [5, 5.41) is 4.89. The monoisotopic (exact) mass is 271 g/mol. The summed E-state index contributed by atoms with van der Waals surface area (Å²) in [5.41, 5.74) is 1.23. The van der Waals surface area contributed by atoms with E-state index in [1.807, 2.05) is 12.1 Å². The van der Waals surface area contributed by atoms with Gasteiger partial charge in [-0.05, 0) is 48.9 Å². The molecule has 94 valence electrons. The molecule has 3 atom stereocenters.